The van der Waals surface area contributed by atoms with E-state index >= 15 is 0 Å². The molecule has 0 aliphatic rings. The third-order valence-electron chi connectivity index (χ3n) is 2.69. The molecule has 1 aromatic rings. The van der Waals surface area contributed by atoms with E-state index in [0.29, 0.717) is 0 Å². The van der Waals surface area contributed by atoms with Crippen LogP contribution in [0.4, 0.5) is 5.69 Å². The van der Waals surface area contributed by atoms with E-state index in [1.807, 2.05) is 26.0 Å². The fraction of sp³-hybridized carbons (Fsp3) is 0.500. The number of hydrogen-bond donors (Lipinski definition) is 2. The maximum absolute atomic E-state index is 11.8. The van der Waals surface area contributed by atoms with Gasteiger partial charge < -0.3 is 11.1 Å². The zero-order chi connectivity index (χ0) is 12.8. The molecular formula is C14H22N2O. The fourth-order valence-corrected chi connectivity index (χ4v) is 1.84. The number of hydrogen-bond acceptors (Lipinski definition) is 2. The standard InChI is InChI=1S/C14H22N2O/c1-4-5-6-13(15)14(17)16-12-8-10(2)7-11(3)9-12/h7-9,13H,4-6,15H2,1-3H3,(H,16,17)/t13-/m0/s1. The van der Waals surface area contributed by atoms with Gasteiger partial charge in [0, 0.05) is 5.69 Å². The van der Waals surface area contributed by atoms with E-state index in [-0.39, 0.29) is 5.91 Å². The minimum Gasteiger partial charge on any atom is -0.325 e. The monoisotopic (exact) mass is 234 g/mol. The Bertz CT molecular complexity index is 368. The summed E-state index contributed by atoms with van der Waals surface area (Å²) in [5.41, 5.74) is 8.93. The molecule has 0 spiro atoms. The first-order valence-corrected chi connectivity index (χ1v) is 6.17. The van der Waals surface area contributed by atoms with E-state index < -0.39 is 6.04 Å². The van der Waals surface area contributed by atoms with Crippen molar-refractivity contribution in [3.8, 4) is 0 Å². The lowest BCUT2D eigenvalue weighted by molar-refractivity contribution is -0.117. The van der Waals surface area contributed by atoms with E-state index in [1.54, 1.807) is 0 Å². The van der Waals surface area contributed by atoms with Crippen molar-refractivity contribution in [2.75, 3.05) is 5.32 Å². The van der Waals surface area contributed by atoms with Crippen LogP contribution in [0.25, 0.3) is 0 Å². The first-order chi connectivity index (χ1) is 8.02. The van der Waals surface area contributed by atoms with Gasteiger partial charge in [-0.2, -0.15) is 0 Å². The molecule has 0 aliphatic heterocycles. The fourth-order valence-electron chi connectivity index (χ4n) is 1.84. The minimum atomic E-state index is -0.407. The Morgan fingerprint density at radius 1 is 1.29 bits per heavy atom. The lowest BCUT2D eigenvalue weighted by atomic mass is 10.1. The highest BCUT2D eigenvalue weighted by Gasteiger charge is 2.12. The van der Waals surface area contributed by atoms with Crippen LogP contribution in [-0.2, 0) is 4.79 Å². The van der Waals surface area contributed by atoms with Crippen molar-refractivity contribution in [1.82, 2.24) is 0 Å². The van der Waals surface area contributed by atoms with Crippen LogP contribution in [0.15, 0.2) is 18.2 Å². The zero-order valence-corrected chi connectivity index (χ0v) is 10.9. The quantitative estimate of drug-likeness (QED) is 0.823. The molecule has 1 rings (SSSR count). The smallest absolute Gasteiger partial charge is 0.241 e. The SMILES string of the molecule is CCCC[C@H](N)C(=O)Nc1cc(C)cc(C)c1. The average molecular weight is 234 g/mol. The molecule has 0 aliphatic carbocycles. The van der Waals surface area contributed by atoms with Crippen LogP contribution in [0.3, 0.4) is 0 Å². The van der Waals surface area contributed by atoms with Crippen molar-refractivity contribution in [1.29, 1.82) is 0 Å². The van der Waals surface area contributed by atoms with Crippen molar-refractivity contribution in [2.24, 2.45) is 5.73 Å². The van der Waals surface area contributed by atoms with E-state index in [9.17, 15) is 4.79 Å². The summed E-state index contributed by atoms with van der Waals surface area (Å²) in [4.78, 5) is 11.8. The Hall–Kier alpha value is -1.35. The summed E-state index contributed by atoms with van der Waals surface area (Å²) in [6, 6.07) is 5.58. The molecule has 0 bridgehead atoms. The number of nitrogens with one attached hydrogen (secondary N) is 1. The first-order valence-electron chi connectivity index (χ1n) is 6.17. The number of benzene rings is 1. The van der Waals surface area contributed by atoms with E-state index in [1.165, 1.54) is 0 Å². The Morgan fingerprint density at radius 3 is 2.41 bits per heavy atom. The van der Waals surface area contributed by atoms with E-state index in [2.05, 4.69) is 18.3 Å². The summed E-state index contributed by atoms with van der Waals surface area (Å²) < 4.78 is 0. The van der Waals surface area contributed by atoms with Gasteiger partial charge in [-0.1, -0.05) is 25.8 Å². The molecule has 1 amide bonds. The Morgan fingerprint density at radius 2 is 1.88 bits per heavy atom. The van der Waals surface area contributed by atoms with Gasteiger partial charge in [-0.15, -0.1) is 0 Å². The highest BCUT2D eigenvalue weighted by molar-refractivity contribution is 5.94. The van der Waals surface area contributed by atoms with Crippen molar-refractivity contribution >= 4 is 11.6 Å². The van der Waals surface area contributed by atoms with Crippen molar-refractivity contribution < 1.29 is 4.79 Å². The summed E-state index contributed by atoms with van der Waals surface area (Å²) >= 11 is 0. The van der Waals surface area contributed by atoms with Crippen LogP contribution in [0.1, 0.15) is 37.3 Å². The number of carbonyl (C=O) groups is 1. The number of rotatable bonds is 5. The molecule has 17 heavy (non-hydrogen) atoms. The van der Waals surface area contributed by atoms with E-state index in [0.717, 1.165) is 36.1 Å². The molecule has 0 radical (unpaired) electrons. The number of unbranched alkanes of at least 4 members (excludes halogenated alkanes) is 1. The van der Waals surface area contributed by atoms with Gasteiger partial charge in [0.05, 0.1) is 6.04 Å². The highest BCUT2D eigenvalue weighted by Crippen LogP contribution is 2.14. The number of anilines is 1. The predicted molar refractivity (Wildman–Crippen MR) is 72.0 cm³/mol. The molecule has 1 atom stereocenters. The molecule has 3 nitrogen and oxygen atoms in total. The maximum atomic E-state index is 11.8. The molecule has 94 valence electrons. The van der Waals surface area contributed by atoms with Crippen molar-refractivity contribution in [3.05, 3.63) is 29.3 Å². The van der Waals surface area contributed by atoms with Gasteiger partial charge in [-0.05, 0) is 43.5 Å². The van der Waals surface area contributed by atoms with Crippen LogP contribution >= 0.6 is 0 Å². The summed E-state index contributed by atoms with van der Waals surface area (Å²) in [5.74, 6) is -0.0940. The second-order valence-electron chi connectivity index (χ2n) is 4.61. The summed E-state index contributed by atoms with van der Waals surface area (Å²) in [6.45, 7) is 6.12. The second kappa shape index (κ2) is 6.40. The van der Waals surface area contributed by atoms with Crippen molar-refractivity contribution in [2.45, 2.75) is 46.1 Å². The van der Waals surface area contributed by atoms with Gasteiger partial charge in [0.2, 0.25) is 5.91 Å². The Balaban J connectivity index is 2.61. The molecule has 0 saturated carbocycles. The van der Waals surface area contributed by atoms with Gasteiger partial charge in [-0.25, -0.2) is 0 Å². The van der Waals surface area contributed by atoms with Crippen LogP contribution < -0.4 is 11.1 Å². The number of carbonyl (C=O) groups excluding carboxylic acids is 1. The third-order valence-corrected chi connectivity index (χ3v) is 2.69. The molecular weight excluding hydrogens is 212 g/mol. The largest absolute Gasteiger partial charge is 0.325 e. The number of nitrogens with two attached hydrogens (primary N) is 1. The van der Waals surface area contributed by atoms with Crippen molar-refractivity contribution in [3.63, 3.8) is 0 Å². The lowest BCUT2D eigenvalue weighted by Gasteiger charge is -2.12. The molecule has 0 aromatic heterocycles. The highest BCUT2D eigenvalue weighted by atomic mass is 16.2. The summed E-state index contributed by atoms with van der Waals surface area (Å²) in [6.07, 6.45) is 2.79. The van der Waals surface area contributed by atoms with Gasteiger partial charge in [-0.3, -0.25) is 4.79 Å². The zero-order valence-electron chi connectivity index (χ0n) is 10.9. The molecule has 0 fully saturated rings. The minimum absolute atomic E-state index is 0.0940. The topological polar surface area (TPSA) is 55.1 Å². The summed E-state index contributed by atoms with van der Waals surface area (Å²) in [7, 11) is 0. The van der Waals surface area contributed by atoms with E-state index in [4.69, 9.17) is 5.73 Å². The molecule has 0 saturated heterocycles. The Labute approximate surface area is 103 Å². The molecule has 3 N–H and O–H groups in total. The van der Waals surface area contributed by atoms with Crippen LogP contribution in [0.2, 0.25) is 0 Å². The van der Waals surface area contributed by atoms with Gasteiger partial charge >= 0.3 is 0 Å². The summed E-state index contributed by atoms with van der Waals surface area (Å²) in [5, 5.41) is 2.87. The van der Waals surface area contributed by atoms with Crippen LogP contribution in [0, 0.1) is 13.8 Å². The third kappa shape index (κ3) is 4.57. The molecule has 3 heteroatoms. The van der Waals surface area contributed by atoms with Crippen LogP contribution in [-0.4, -0.2) is 11.9 Å². The maximum Gasteiger partial charge on any atom is 0.241 e. The molecule has 0 heterocycles. The Kier molecular flexibility index (Phi) is 5.16. The lowest BCUT2D eigenvalue weighted by Crippen LogP contribution is -2.35. The second-order valence-corrected chi connectivity index (χ2v) is 4.61. The number of aryl methyl sites for hydroxylation is 2. The average Bonchev–Trinajstić information content (AvgIpc) is 2.24. The van der Waals surface area contributed by atoms with Crippen LogP contribution in [0.5, 0.6) is 0 Å². The predicted octanol–water partition coefficient (Wildman–Crippen LogP) is 2.76. The number of amides is 1. The van der Waals surface area contributed by atoms with Gasteiger partial charge in [0.25, 0.3) is 0 Å². The molecule has 0 unspecified atom stereocenters. The van der Waals surface area contributed by atoms with Gasteiger partial charge in [0.1, 0.15) is 0 Å². The first kappa shape index (κ1) is 13.7. The molecule has 1 aromatic carbocycles. The normalized spacial score (nSPS) is 12.2. The van der Waals surface area contributed by atoms with Gasteiger partial charge in [0.15, 0.2) is 0 Å².